The third-order valence-corrected chi connectivity index (χ3v) is 4.01. The summed E-state index contributed by atoms with van der Waals surface area (Å²) in [6, 6.07) is 5.97. The van der Waals surface area contributed by atoms with Crippen LogP contribution in [0, 0.1) is 0 Å². The molecule has 0 bridgehead atoms. The van der Waals surface area contributed by atoms with E-state index >= 15 is 0 Å². The zero-order valence-corrected chi connectivity index (χ0v) is 16.1. The molecule has 2 rings (SSSR count). The summed E-state index contributed by atoms with van der Waals surface area (Å²) in [5.41, 5.74) is 2.85. The van der Waals surface area contributed by atoms with E-state index in [1.54, 1.807) is 0 Å². The summed E-state index contributed by atoms with van der Waals surface area (Å²) >= 11 is 5.82. The number of nitrogens with zero attached hydrogens (tertiary/aromatic N) is 3. The molecular weight excluding hydrogens is 349 g/mol. The molecule has 1 heterocycles. The Bertz CT molecular complexity index is 672. The van der Waals surface area contributed by atoms with Crippen molar-refractivity contribution in [1.82, 2.24) is 9.55 Å². The van der Waals surface area contributed by atoms with Crippen molar-refractivity contribution in [2.75, 3.05) is 30.5 Å². The first-order valence-corrected chi connectivity index (χ1v) is 8.19. The van der Waals surface area contributed by atoms with Crippen LogP contribution in [-0.4, -0.2) is 51.3 Å². The van der Waals surface area contributed by atoms with Gasteiger partial charge in [-0.1, -0.05) is 0 Å². The smallest absolute Gasteiger partial charge is 0.303 e. The molecule has 24 heavy (non-hydrogen) atoms. The van der Waals surface area contributed by atoms with Gasteiger partial charge < -0.3 is 19.7 Å². The van der Waals surface area contributed by atoms with Crippen molar-refractivity contribution in [3.63, 3.8) is 0 Å². The van der Waals surface area contributed by atoms with Gasteiger partial charge in [0.05, 0.1) is 17.6 Å². The second-order valence-electron chi connectivity index (χ2n) is 5.41. The molecule has 0 radical (unpaired) electrons. The molecule has 0 aliphatic carbocycles. The lowest BCUT2D eigenvalue weighted by Gasteiger charge is -2.22. The Morgan fingerprint density at radius 3 is 2.75 bits per heavy atom. The summed E-state index contributed by atoms with van der Waals surface area (Å²) in [6.07, 6.45) is 1.35. The summed E-state index contributed by atoms with van der Waals surface area (Å²) in [4.78, 5) is 17.3. The van der Waals surface area contributed by atoms with E-state index in [-0.39, 0.29) is 22.9 Å². The maximum absolute atomic E-state index is 10.6. The summed E-state index contributed by atoms with van der Waals surface area (Å²) in [6.45, 7) is 1.25. The SMILES string of the molecule is Cn1c(CCCC(=O)O)nc2cc(N(CCO)CCCl)ccc21.P. The number of imidazole rings is 1. The molecule has 0 aliphatic heterocycles. The van der Waals surface area contributed by atoms with E-state index in [1.807, 2.05) is 34.7 Å². The number of benzene rings is 1. The van der Waals surface area contributed by atoms with E-state index in [9.17, 15) is 9.90 Å². The van der Waals surface area contributed by atoms with E-state index < -0.39 is 5.97 Å². The first-order chi connectivity index (χ1) is 11.1. The summed E-state index contributed by atoms with van der Waals surface area (Å²) in [5.74, 6) is 0.581. The number of rotatable bonds is 9. The monoisotopic (exact) mass is 373 g/mol. The van der Waals surface area contributed by atoms with Crippen LogP contribution in [0.1, 0.15) is 18.7 Å². The van der Waals surface area contributed by atoms with Crippen molar-refractivity contribution >= 4 is 44.2 Å². The minimum Gasteiger partial charge on any atom is -0.481 e. The van der Waals surface area contributed by atoms with Crippen LogP contribution in [0.2, 0.25) is 0 Å². The van der Waals surface area contributed by atoms with Gasteiger partial charge in [-0.05, 0) is 24.6 Å². The van der Waals surface area contributed by atoms with Crippen LogP contribution in [0.3, 0.4) is 0 Å². The van der Waals surface area contributed by atoms with Crippen molar-refractivity contribution < 1.29 is 15.0 Å². The number of fused-ring (bicyclic) bond motifs is 1. The molecule has 1 atom stereocenters. The zero-order chi connectivity index (χ0) is 16.8. The highest BCUT2D eigenvalue weighted by atomic mass is 35.5. The number of aromatic nitrogens is 2. The quantitative estimate of drug-likeness (QED) is 0.519. The minimum atomic E-state index is -0.785. The Balaban J connectivity index is 0.00000288. The van der Waals surface area contributed by atoms with Gasteiger partial charge in [-0.15, -0.1) is 11.6 Å². The van der Waals surface area contributed by atoms with Crippen LogP contribution < -0.4 is 4.90 Å². The maximum Gasteiger partial charge on any atom is 0.303 e. The Labute approximate surface area is 150 Å². The number of carboxylic acid groups (broad SMARTS) is 1. The minimum absolute atomic E-state index is 0. The Morgan fingerprint density at radius 1 is 1.38 bits per heavy atom. The number of halogens is 1. The molecule has 2 N–H and O–H groups in total. The lowest BCUT2D eigenvalue weighted by atomic mass is 10.2. The first kappa shape index (κ1) is 20.7. The summed E-state index contributed by atoms with van der Waals surface area (Å²) in [5, 5.41) is 17.9. The molecular formula is C16H25ClN3O3P. The molecule has 0 amide bonds. The largest absolute Gasteiger partial charge is 0.481 e. The number of carbonyl (C=O) groups is 1. The lowest BCUT2D eigenvalue weighted by Crippen LogP contribution is -2.28. The topological polar surface area (TPSA) is 78.6 Å². The molecule has 134 valence electrons. The van der Waals surface area contributed by atoms with Crippen LogP contribution in [0.25, 0.3) is 11.0 Å². The van der Waals surface area contributed by atoms with Crippen molar-refractivity contribution in [2.24, 2.45) is 7.05 Å². The average molecular weight is 374 g/mol. The van der Waals surface area contributed by atoms with Gasteiger partial charge in [-0.3, -0.25) is 4.79 Å². The molecule has 0 saturated heterocycles. The average Bonchev–Trinajstić information content (AvgIpc) is 2.83. The predicted molar refractivity (Wildman–Crippen MR) is 102 cm³/mol. The highest BCUT2D eigenvalue weighted by Gasteiger charge is 2.11. The second kappa shape index (κ2) is 9.82. The van der Waals surface area contributed by atoms with E-state index in [4.69, 9.17) is 16.7 Å². The molecule has 1 aromatic heterocycles. The molecule has 6 nitrogen and oxygen atoms in total. The number of alkyl halides is 1. The Morgan fingerprint density at radius 2 is 2.12 bits per heavy atom. The normalized spacial score (nSPS) is 10.6. The number of aliphatic hydroxyl groups is 1. The Hall–Kier alpha value is -1.36. The molecule has 0 fully saturated rings. The third-order valence-electron chi connectivity index (χ3n) is 3.84. The maximum atomic E-state index is 10.6. The van der Waals surface area contributed by atoms with Crippen LogP contribution in [0.5, 0.6) is 0 Å². The van der Waals surface area contributed by atoms with Crippen LogP contribution in [0.4, 0.5) is 5.69 Å². The van der Waals surface area contributed by atoms with Crippen LogP contribution in [0.15, 0.2) is 18.2 Å². The third kappa shape index (κ3) is 5.07. The number of carboxylic acids is 1. The molecule has 8 heteroatoms. The van der Waals surface area contributed by atoms with Gasteiger partial charge in [0, 0.05) is 44.5 Å². The molecule has 0 spiro atoms. The Kier molecular flexibility index (Phi) is 8.46. The first-order valence-electron chi connectivity index (χ1n) is 7.65. The molecule has 2 aromatic rings. The van der Waals surface area contributed by atoms with Crippen LogP contribution in [-0.2, 0) is 18.3 Å². The van der Waals surface area contributed by atoms with E-state index in [2.05, 4.69) is 4.98 Å². The van der Waals surface area contributed by atoms with Gasteiger partial charge in [0.2, 0.25) is 0 Å². The van der Waals surface area contributed by atoms with Gasteiger partial charge in [0.25, 0.3) is 0 Å². The van der Waals surface area contributed by atoms with Gasteiger partial charge >= 0.3 is 5.97 Å². The fourth-order valence-electron chi connectivity index (χ4n) is 2.65. The predicted octanol–water partition coefficient (Wildman–Crippen LogP) is 2.08. The number of anilines is 1. The zero-order valence-electron chi connectivity index (χ0n) is 13.9. The number of aliphatic hydroxyl groups excluding tert-OH is 1. The number of hydrogen-bond acceptors (Lipinski definition) is 4. The van der Waals surface area contributed by atoms with Crippen molar-refractivity contribution in [2.45, 2.75) is 19.3 Å². The van der Waals surface area contributed by atoms with E-state index in [0.717, 1.165) is 22.5 Å². The van der Waals surface area contributed by atoms with E-state index in [1.165, 1.54) is 0 Å². The molecule has 1 aromatic carbocycles. The van der Waals surface area contributed by atoms with Gasteiger partial charge in [-0.25, -0.2) is 4.98 Å². The molecule has 0 aliphatic rings. The second-order valence-corrected chi connectivity index (χ2v) is 5.78. The standard InChI is InChI=1S/C16H22ClN3O3.H3P/c1-19-14-6-5-12(20(8-7-17)9-10-21)11-13(14)18-15(19)3-2-4-16(22)23;/h5-6,11,21H,2-4,7-10H2,1H3,(H,22,23);1H3. The van der Waals surface area contributed by atoms with Crippen molar-refractivity contribution in [1.29, 1.82) is 0 Å². The lowest BCUT2D eigenvalue weighted by molar-refractivity contribution is -0.137. The molecule has 0 saturated carbocycles. The number of hydrogen-bond donors (Lipinski definition) is 2. The van der Waals surface area contributed by atoms with Gasteiger partial charge in [-0.2, -0.15) is 9.90 Å². The number of aryl methyl sites for hydroxylation is 2. The molecule has 1 unspecified atom stereocenters. The highest BCUT2D eigenvalue weighted by Crippen LogP contribution is 2.23. The summed E-state index contributed by atoms with van der Waals surface area (Å²) in [7, 11) is 1.94. The fraction of sp³-hybridized carbons (Fsp3) is 0.500. The van der Waals surface area contributed by atoms with E-state index in [0.29, 0.717) is 31.8 Å². The van der Waals surface area contributed by atoms with Gasteiger partial charge in [0.15, 0.2) is 0 Å². The van der Waals surface area contributed by atoms with Crippen molar-refractivity contribution in [3.8, 4) is 0 Å². The summed E-state index contributed by atoms with van der Waals surface area (Å²) < 4.78 is 2.00. The fourth-order valence-corrected chi connectivity index (χ4v) is 2.85. The number of aliphatic carboxylic acids is 1. The van der Waals surface area contributed by atoms with Crippen molar-refractivity contribution in [3.05, 3.63) is 24.0 Å². The van der Waals surface area contributed by atoms with Gasteiger partial charge in [0.1, 0.15) is 5.82 Å². The van der Waals surface area contributed by atoms with Crippen LogP contribution >= 0.6 is 21.5 Å². The highest BCUT2D eigenvalue weighted by molar-refractivity contribution is 6.92.